The van der Waals surface area contributed by atoms with Gasteiger partial charge in [-0.1, -0.05) is 12.1 Å². The van der Waals surface area contributed by atoms with E-state index in [0.717, 1.165) is 12.1 Å². The summed E-state index contributed by atoms with van der Waals surface area (Å²) in [7, 11) is 0. The topological polar surface area (TPSA) is 45.2 Å². The maximum absolute atomic E-state index is 14.1. The molecule has 4 nitrogen and oxygen atoms in total. The van der Waals surface area contributed by atoms with Crippen molar-refractivity contribution in [1.29, 1.82) is 0 Å². The van der Waals surface area contributed by atoms with Gasteiger partial charge >= 0.3 is 0 Å². The van der Waals surface area contributed by atoms with Gasteiger partial charge in [-0.05, 0) is 42.0 Å². The number of carbonyl (C=O) groups is 1. The monoisotopic (exact) mass is 369 g/mol. The number of benzene rings is 2. The van der Waals surface area contributed by atoms with E-state index in [2.05, 4.69) is 10.3 Å². The highest BCUT2D eigenvalue weighted by Gasteiger charge is 2.38. The van der Waals surface area contributed by atoms with E-state index in [-0.39, 0.29) is 24.0 Å². The summed E-state index contributed by atoms with van der Waals surface area (Å²) in [4.78, 5) is 18.6. The Morgan fingerprint density at radius 1 is 1.00 bits per heavy atom. The molecular formula is C20H14F3N3O. The lowest BCUT2D eigenvalue weighted by Gasteiger charge is -2.26. The van der Waals surface area contributed by atoms with E-state index >= 15 is 0 Å². The summed E-state index contributed by atoms with van der Waals surface area (Å²) in [6, 6.07) is 12.2. The number of carbonyl (C=O) groups excluding carboxylic acids is 1. The van der Waals surface area contributed by atoms with Crippen molar-refractivity contribution in [2.24, 2.45) is 0 Å². The van der Waals surface area contributed by atoms with Gasteiger partial charge in [-0.25, -0.2) is 13.2 Å². The second-order valence-electron chi connectivity index (χ2n) is 6.17. The molecule has 3 aromatic rings. The van der Waals surface area contributed by atoms with Crippen LogP contribution in [0.1, 0.15) is 27.8 Å². The molecule has 1 unspecified atom stereocenters. The Hall–Kier alpha value is -3.35. The van der Waals surface area contributed by atoms with Crippen molar-refractivity contribution in [2.45, 2.75) is 12.7 Å². The van der Waals surface area contributed by atoms with Crippen molar-refractivity contribution in [1.82, 2.24) is 9.88 Å². The maximum atomic E-state index is 14.1. The van der Waals surface area contributed by atoms with E-state index in [4.69, 9.17) is 0 Å². The van der Waals surface area contributed by atoms with E-state index in [9.17, 15) is 18.0 Å². The molecule has 1 aliphatic heterocycles. The van der Waals surface area contributed by atoms with Crippen LogP contribution in [0, 0.1) is 17.5 Å². The Morgan fingerprint density at radius 3 is 2.48 bits per heavy atom. The molecule has 0 bridgehead atoms. The fourth-order valence-electron chi connectivity index (χ4n) is 3.09. The van der Waals surface area contributed by atoms with Crippen molar-refractivity contribution < 1.29 is 18.0 Å². The second-order valence-corrected chi connectivity index (χ2v) is 6.17. The first kappa shape index (κ1) is 17.1. The fourth-order valence-corrected chi connectivity index (χ4v) is 3.09. The van der Waals surface area contributed by atoms with E-state index in [1.165, 1.54) is 23.1 Å². The Bertz CT molecular complexity index is 1010. The largest absolute Gasteiger partial charge is 0.358 e. The number of rotatable bonds is 4. The summed E-state index contributed by atoms with van der Waals surface area (Å²) in [6.07, 6.45) is 0.808. The molecule has 2 aromatic carbocycles. The van der Waals surface area contributed by atoms with E-state index in [1.807, 2.05) is 0 Å². The summed E-state index contributed by atoms with van der Waals surface area (Å²) in [6.45, 7) is 0.177. The van der Waals surface area contributed by atoms with Crippen LogP contribution in [0.4, 0.5) is 18.9 Å². The van der Waals surface area contributed by atoms with Crippen LogP contribution in [0.15, 0.2) is 60.8 Å². The molecule has 2 heterocycles. The molecule has 136 valence electrons. The molecule has 1 N–H and O–H groups in total. The third kappa shape index (κ3) is 3.23. The first-order chi connectivity index (χ1) is 13.0. The standard InChI is InChI=1S/C20H14F3N3O/c21-13-5-3-12(4-6-13)11-26-19(18-15(20(26)27)2-1-9-24-18)25-17-8-7-14(22)10-16(17)23/h1-10,19,25H,11H2. The predicted octanol–water partition coefficient (Wildman–Crippen LogP) is 4.27. The third-order valence-electron chi connectivity index (χ3n) is 4.39. The summed E-state index contributed by atoms with van der Waals surface area (Å²) in [5.74, 6) is -2.11. The number of anilines is 1. The van der Waals surface area contributed by atoms with Gasteiger partial charge in [-0.3, -0.25) is 9.78 Å². The number of nitrogens with one attached hydrogen (secondary N) is 1. The van der Waals surface area contributed by atoms with E-state index in [1.54, 1.807) is 30.5 Å². The number of halogens is 3. The van der Waals surface area contributed by atoms with Crippen molar-refractivity contribution >= 4 is 11.6 Å². The Labute approximate surface area is 153 Å². The van der Waals surface area contributed by atoms with Crippen LogP contribution in [0.5, 0.6) is 0 Å². The summed E-state index contributed by atoms with van der Waals surface area (Å²) in [5, 5.41) is 2.93. The molecule has 27 heavy (non-hydrogen) atoms. The molecule has 0 aliphatic carbocycles. The minimum Gasteiger partial charge on any atom is -0.358 e. The van der Waals surface area contributed by atoms with Crippen LogP contribution >= 0.6 is 0 Å². The molecule has 1 atom stereocenters. The average Bonchev–Trinajstić information content (AvgIpc) is 2.92. The molecule has 7 heteroatoms. The summed E-state index contributed by atoms with van der Waals surface area (Å²) >= 11 is 0. The Kier molecular flexibility index (Phi) is 4.27. The SMILES string of the molecule is O=C1c2cccnc2C(Nc2ccc(F)cc2F)N1Cc1ccc(F)cc1. The Balaban J connectivity index is 1.70. The van der Waals surface area contributed by atoms with Crippen LogP contribution in [0.3, 0.4) is 0 Å². The molecule has 0 radical (unpaired) electrons. The average molecular weight is 369 g/mol. The molecule has 0 fully saturated rings. The van der Waals surface area contributed by atoms with Crippen LogP contribution in [0.2, 0.25) is 0 Å². The second kappa shape index (κ2) is 6.75. The van der Waals surface area contributed by atoms with Crippen LogP contribution in [0.25, 0.3) is 0 Å². The van der Waals surface area contributed by atoms with Gasteiger partial charge in [0.15, 0.2) is 0 Å². The van der Waals surface area contributed by atoms with Gasteiger partial charge in [-0.2, -0.15) is 0 Å². The molecular weight excluding hydrogens is 355 g/mol. The summed E-state index contributed by atoms with van der Waals surface area (Å²) in [5.41, 5.74) is 1.62. The normalized spacial score (nSPS) is 15.7. The van der Waals surface area contributed by atoms with Gasteiger partial charge in [0.1, 0.15) is 23.6 Å². The first-order valence-electron chi connectivity index (χ1n) is 8.25. The zero-order valence-electron chi connectivity index (χ0n) is 14.0. The molecule has 4 rings (SSSR count). The number of aromatic nitrogens is 1. The number of nitrogens with zero attached hydrogens (tertiary/aromatic N) is 2. The van der Waals surface area contributed by atoms with Gasteiger partial charge in [0.05, 0.1) is 16.9 Å². The van der Waals surface area contributed by atoms with E-state index < -0.39 is 17.8 Å². The van der Waals surface area contributed by atoms with Gasteiger partial charge in [0.25, 0.3) is 5.91 Å². The zero-order valence-corrected chi connectivity index (χ0v) is 14.0. The van der Waals surface area contributed by atoms with Crippen molar-refractivity contribution in [3.8, 4) is 0 Å². The highest BCUT2D eigenvalue weighted by atomic mass is 19.1. The van der Waals surface area contributed by atoms with Gasteiger partial charge < -0.3 is 10.2 Å². The maximum Gasteiger partial charge on any atom is 0.258 e. The zero-order chi connectivity index (χ0) is 19.0. The molecule has 1 aromatic heterocycles. The highest BCUT2D eigenvalue weighted by molar-refractivity contribution is 5.98. The third-order valence-corrected chi connectivity index (χ3v) is 4.39. The lowest BCUT2D eigenvalue weighted by molar-refractivity contribution is 0.0727. The number of hydrogen-bond acceptors (Lipinski definition) is 3. The quantitative estimate of drug-likeness (QED) is 0.747. The predicted molar refractivity (Wildman–Crippen MR) is 93.2 cm³/mol. The van der Waals surface area contributed by atoms with Crippen LogP contribution in [-0.4, -0.2) is 15.8 Å². The minimum atomic E-state index is -0.770. The smallest absolute Gasteiger partial charge is 0.258 e. The van der Waals surface area contributed by atoms with Gasteiger partial charge in [0.2, 0.25) is 0 Å². The Morgan fingerprint density at radius 2 is 1.74 bits per heavy atom. The lowest BCUT2D eigenvalue weighted by atomic mass is 10.2. The minimum absolute atomic E-state index is 0.0526. The fraction of sp³-hybridized carbons (Fsp3) is 0.100. The van der Waals surface area contributed by atoms with Crippen molar-refractivity contribution in [3.63, 3.8) is 0 Å². The molecule has 0 saturated carbocycles. The molecule has 0 spiro atoms. The van der Waals surface area contributed by atoms with E-state index in [0.29, 0.717) is 16.8 Å². The summed E-state index contributed by atoms with van der Waals surface area (Å²) < 4.78 is 40.4. The lowest BCUT2D eigenvalue weighted by Crippen LogP contribution is -2.32. The molecule has 1 amide bonds. The van der Waals surface area contributed by atoms with Gasteiger partial charge in [-0.15, -0.1) is 0 Å². The van der Waals surface area contributed by atoms with Crippen molar-refractivity contribution in [2.75, 3.05) is 5.32 Å². The number of amides is 1. The first-order valence-corrected chi connectivity index (χ1v) is 8.25. The highest BCUT2D eigenvalue weighted by Crippen LogP contribution is 2.34. The van der Waals surface area contributed by atoms with Crippen LogP contribution < -0.4 is 5.32 Å². The number of pyridine rings is 1. The van der Waals surface area contributed by atoms with Crippen molar-refractivity contribution in [3.05, 3.63) is 95.1 Å². The number of hydrogen-bond donors (Lipinski definition) is 1. The number of fused-ring (bicyclic) bond motifs is 1. The molecule has 1 aliphatic rings. The van der Waals surface area contributed by atoms with Gasteiger partial charge in [0, 0.05) is 18.8 Å². The van der Waals surface area contributed by atoms with Crippen LogP contribution in [-0.2, 0) is 6.54 Å². The molecule has 0 saturated heterocycles.